The summed E-state index contributed by atoms with van der Waals surface area (Å²) in [5.74, 6) is 0.437. The molecule has 2 aromatic rings. The second-order valence-corrected chi connectivity index (χ2v) is 7.22. The molecule has 2 nitrogen and oxygen atoms in total. The quantitative estimate of drug-likeness (QED) is 0.754. The molecule has 25 heavy (non-hydrogen) atoms. The average molecular weight is 330 g/mol. The number of rotatable bonds is 2. The summed E-state index contributed by atoms with van der Waals surface area (Å²) in [6, 6.07) is 22.1. The second kappa shape index (κ2) is 7.26. The summed E-state index contributed by atoms with van der Waals surface area (Å²) in [6.07, 6.45) is 4.50. The van der Waals surface area contributed by atoms with Crippen molar-refractivity contribution in [3.8, 4) is 0 Å². The first-order valence-electron chi connectivity index (χ1n) is 9.39. The summed E-state index contributed by atoms with van der Waals surface area (Å²) in [5, 5.41) is 0. The molecule has 0 amide bonds. The van der Waals surface area contributed by atoms with Crippen LogP contribution >= 0.6 is 0 Å². The standard InChI is InChI=1S/C23H26N2/c1-18-15-21(19-9-4-2-5-10-19)16-23(20-11-6-3-7-12-20)24-17-22-13-8-14-25(18)22/h2-7,9-12,21-22H,1,8,13-17H2/t21-,22-/m0/s1. The normalized spacial score (nSPS) is 24.1. The molecular weight excluding hydrogens is 304 g/mol. The minimum Gasteiger partial charge on any atom is -0.370 e. The van der Waals surface area contributed by atoms with Gasteiger partial charge in [-0.3, -0.25) is 4.99 Å². The highest BCUT2D eigenvalue weighted by Gasteiger charge is 2.29. The third-order valence-corrected chi connectivity index (χ3v) is 5.58. The molecule has 2 aliphatic heterocycles. The topological polar surface area (TPSA) is 15.6 Å². The third-order valence-electron chi connectivity index (χ3n) is 5.58. The van der Waals surface area contributed by atoms with Crippen LogP contribution in [0.2, 0.25) is 0 Å². The van der Waals surface area contributed by atoms with Crippen molar-refractivity contribution in [1.29, 1.82) is 0 Å². The summed E-state index contributed by atoms with van der Waals surface area (Å²) in [5.41, 5.74) is 5.20. The van der Waals surface area contributed by atoms with Crippen LogP contribution in [0.1, 0.15) is 42.7 Å². The molecule has 0 unspecified atom stereocenters. The first-order valence-corrected chi connectivity index (χ1v) is 9.39. The monoisotopic (exact) mass is 330 g/mol. The van der Waals surface area contributed by atoms with Crippen molar-refractivity contribution in [2.45, 2.75) is 37.6 Å². The molecule has 2 atom stereocenters. The highest BCUT2D eigenvalue weighted by molar-refractivity contribution is 6.01. The van der Waals surface area contributed by atoms with Gasteiger partial charge < -0.3 is 4.90 Å². The van der Waals surface area contributed by atoms with Crippen molar-refractivity contribution in [2.75, 3.05) is 13.1 Å². The van der Waals surface area contributed by atoms with E-state index in [4.69, 9.17) is 4.99 Å². The van der Waals surface area contributed by atoms with Gasteiger partial charge in [-0.15, -0.1) is 0 Å². The maximum atomic E-state index is 5.10. The van der Waals surface area contributed by atoms with Crippen LogP contribution in [-0.2, 0) is 0 Å². The highest BCUT2D eigenvalue weighted by Crippen LogP contribution is 2.34. The molecule has 1 fully saturated rings. The molecule has 1 saturated heterocycles. The largest absolute Gasteiger partial charge is 0.370 e. The fourth-order valence-corrected chi connectivity index (χ4v) is 4.23. The number of hydrogen-bond donors (Lipinski definition) is 0. The minimum atomic E-state index is 0.437. The van der Waals surface area contributed by atoms with Gasteiger partial charge >= 0.3 is 0 Å². The summed E-state index contributed by atoms with van der Waals surface area (Å²) < 4.78 is 0. The van der Waals surface area contributed by atoms with E-state index in [-0.39, 0.29) is 0 Å². The predicted molar refractivity (Wildman–Crippen MR) is 105 cm³/mol. The van der Waals surface area contributed by atoms with Crippen LogP contribution in [0.4, 0.5) is 0 Å². The van der Waals surface area contributed by atoms with E-state index in [1.54, 1.807) is 0 Å². The van der Waals surface area contributed by atoms with E-state index in [0.717, 1.165) is 25.9 Å². The Bertz CT molecular complexity index is 748. The molecule has 0 aromatic heterocycles. The maximum absolute atomic E-state index is 5.10. The lowest BCUT2D eigenvalue weighted by Crippen LogP contribution is -2.30. The molecule has 4 rings (SSSR count). The van der Waals surface area contributed by atoms with Crippen LogP contribution in [0.5, 0.6) is 0 Å². The molecule has 0 saturated carbocycles. The molecule has 0 spiro atoms. The molecule has 128 valence electrons. The van der Waals surface area contributed by atoms with Crippen LogP contribution < -0.4 is 0 Å². The smallest absolute Gasteiger partial charge is 0.0596 e. The molecule has 2 heteroatoms. The van der Waals surface area contributed by atoms with Gasteiger partial charge in [-0.05, 0) is 42.7 Å². The number of nitrogens with zero attached hydrogens (tertiary/aromatic N) is 2. The zero-order chi connectivity index (χ0) is 17.1. The summed E-state index contributed by atoms with van der Waals surface area (Å²) in [7, 11) is 0. The van der Waals surface area contributed by atoms with Crippen molar-refractivity contribution < 1.29 is 0 Å². The Kier molecular flexibility index (Phi) is 4.69. The molecule has 0 N–H and O–H groups in total. The van der Waals surface area contributed by atoms with E-state index in [1.165, 1.54) is 35.4 Å². The lowest BCUT2D eigenvalue weighted by molar-refractivity contribution is 0.314. The van der Waals surface area contributed by atoms with Crippen LogP contribution in [0.25, 0.3) is 0 Å². The van der Waals surface area contributed by atoms with Gasteiger partial charge in [-0.2, -0.15) is 0 Å². The Hall–Kier alpha value is -2.35. The molecule has 0 aliphatic carbocycles. The molecule has 2 aliphatic rings. The van der Waals surface area contributed by atoms with Gasteiger partial charge in [-0.25, -0.2) is 0 Å². The Labute approximate surface area is 150 Å². The zero-order valence-electron chi connectivity index (χ0n) is 14.8. The Morgan fingerprint density at radius 1 is 0.920 bits per heavy atom. The van der Waals surface area contributed by atoms with E-state index in [0.29, 0.717) is 12.0 Å². The van der Waals surface area contributed by atoms with E-state index >= 15 is 0 Å². The summed E-state index contributed by atoms with van der Waals surface area (Å²) in [6.45, 7) is 6.48. The molecule has 2 aromatic carbocycles. The van der Waals surface area contributed by atoms with Crippen molar-refractivity contribution in [3.05, 3.63) is 84.1 Å². The Balaban J connectivity index is 1.71. The number of allylic oxidation sites excluding steroid dienone is 1. The Morgan fingerprint density at radius 3 is 2.40 bits per heavy atom. The second-order valence-electron chi connectivity index (χ2n) is 7.22. The molecule has 2 heterocycles. The van der Waals surface area contributed by atoms with Gasteiger partial charge in [0.2, 0.25) is 0 Å². The fourth-order valence-electron chi connectivity index (χ4n) is 4.23. The summed E-state index contributed by atoms with van der Waals surface area (Å²) in [4.78, 5) is 7.62. The minimum absolute atomic E-state index is 0.437. The zero-order valence-corrected chi connectivity index (χ0v) is 14.8. The number of benzene rings is 2. The van der Waals surface area contributed by atoms with Crippen molar-refractivity contribution >= 4 is 5.71 Å². The van der Waals surface area contributed by atoms with Crippen LogP contribution in [0.15, 0.2) is 77.9 Å². The van der Waals surface area contributed by atoms with Gasteiger partial charge in [0.1, 0.15) is 0 Å². The molecule has 0 bridgehead atoms. The van der Waals surface area contributed by atoms with E-state index < -0.39 is 0 Å². The Morgan fingerprint density at radius 2 is 1.64 bits per heavy atom. The van der Waals surface area contributed by atoms with E-state index in [1.807, 2.05) is 0 Å². The highest BCUT2D eigenvalue weighted by atomic mass is 15.2. The van der Waals surface area contributed by atoms with Gasteiger partial charge in [0.15, 0.2) is 0 Å². The van der Waals surface area contributed by atoms with Crippen LogP contribution in [-0.4, -0.2) is 29.7 Å². The first-order chi connectivity index (χ1) is 12.3. The average Bonchev–Trinajstić information content (AvgIpc) is 3.15. The lowest BCUT2D eigenvalue weighted by atomic mass is 9.87. The predicted octanol–water partition coefficient (Wildman–Crippen LogP) is 5.03. The summed E-state index contributed by atoms with van der Waals surface area (Å²) >= 11 is 0. The van der Waals surface area contributed by atoms with Crippen molar-refractivity contribution in [2.24, 2.45) is 4.99 Å². The maximum Gasteiger partial charge on any atom is 0.0596 e. The first kappa shape index (κ1) is 16.1. The number of hydrogen-bond acceptors (Lipinski definition) is 2. The van der Waals surface area contributed by atoms with E-state index in [9.17, 15) is 0 Å². The van der Waals surface area contributed by atoms with Gasteiger partial charge in [0.05, 0.1) is 6.54 Å². The van der Waals surface area contributed by atoms with Gasteiger partial charge in [-0.1, -0.05) is 67.2 Å². The van der Waals surface area contributed by atoms with Crippen molar-refractivity contribution in [3.63, 3.8) is 0 Å². The van der Waals surface area contributed by atoms with Crippen molar-refractivity contribution in [1.82, 2.24) is 4.90 Å². The van der Waals surface area contributed by atoms with Gasteiger partial charge in [0.25, 0.3) is 0 Å². The lowest BCUT2D eigenvalue weighted by Gasteiger charge is -2.29. The van der Waals surface area contributed by atoms with Gasteiger partial charge in [0, 0.05) is 24.0 Å². The van der Waals surface area contributed by atoms with E-state index in [2.05, 4.69) is 72.1 Å². The SMILES string of the molecule is C=C1C[C@H](c2ccccc2)CC(c2ccccc2)=NC[C@@H]2CCCN12. The fraction of sp³-hybridized carbons (Fsp3) is 0.348. The third kappa shape index (κ3) is 3.53. The molecule has 0 radical (unpaired) electrons. The number of fused-ring (bicyclic) bond motifs is 1. The number of aliphatic imine (C=N–C) groups is 1. The van der Waals surface area contributed by atoms with Crippen LogP contribution in [0, 0.1) is 0 Å². The molecular formula is C23H26N2. The van der Waals surface area contributed by atoms with Crippen LogP contribution in [0.3, 0.4) is 0 Å².